The Kier molecular flexibility index (Phi) is 4.23. The molecule has 0 spiro atoms. The molecule has 0 heterocycles. The molecule has 1 aromatic rings. The van der Waals surface area contributed by atoms with E-state index in [1.165, 1.54) is 50.0 Å². The van der Waals surface area contributed by atoms with Crippen LogP contribution in [0.15, 0.2) is 18.2 Å². The van der Waals surface area contributed by atoms with Crippen LogP contribution < -0.4 is 10.6 Å². The maximum absolute atomic E-state index is 6.53. The highest BCUT2D eigenvalue weighted by molar-refractivity contribution is 6.33. The van der Waals surface area contributed by atoms with Crippen molar-refractivity contribution in [1.29, 1.82) is 0 Å². The summed E-state index contributed by atoms with van der Waals surface area (Å²) < 4.78 is 0. The van der Waals surface area contributed by atoms with Gasteiger partial charge in [0.2, 0.25) is 0 Å². The third kappa shape index (κ3) is 3.89. The van der Waals surface area contributed by atoms with Crippen LogP contribution in [-0.2, 0) is 6.42 Å². The summed E-state index contributed by atoms with van der Waals surface area (Å²) in [5.74, 6) is 1.79. The van der Waals surface area contributed by atoms with Gasteiger partial charge in [0.15, 0.2) is 0 Å². The molecule has 110 valence electrons. The molecule has 20 heavy (non-hydrogen) atoms. The minimum absolute atomic E-state index is 0.186. The summed E-state index contributed by atoms with van der Waals surface area (Å²) in [5.41, 5.74) is 8.33. The van der Waals surface area contributed by atoms with Crippen molar-refractivity contribution >= 4 is 17.3 Å². The fourth-order valence-electron chi connectivity index (χ4n) is 2.80. The van der Waals surface area contributed by atoms with Crippen LogP contribution in [0.25, 0.3) is 0 Å². The fraction of sp³-hybridized carbons (Fsp3) is 0.647. The molecule has 0 amide bonds. The van der Waals surface area contributed by atoms with Gasteiger partial charge >= 0.3 is 0 Å². The fourth-order valence-corrected chi connectivity index (χ4v) is 3.12. The van der Waals surface area contributed by atoms with Gasteiger partial charge in [-0.1, -0.05) is 17.7 Å². The molecule has 0 saturated heterocycles. The van der Waals surface area contributed by atoms with E-state index in [9.17, 15) is 0 Å². The zero-order chi connectivity index (χ0) is 14.1. The van der Waals surface area contributed by atoms with Crippen molar-refractivity contribution in [1.82, 2.24) is 0 Å². The molecule has 2 aliphatic carbocycles. The molecule has 3 rings (SSSR count). The zero-order valence-corrected chi connectivity index (χ0v) is 13.1. The molecule has 3 heteroatoms. The number of rotatable bonds is 7. The van der Waals surface area contributed by atoms with Crippen molar-refractivity contribution in [2.24, 2.45) is 17.6 Å². The number of hydrogen-bond donors (Lipinski definition) is 1. The van der Waals surface area contributed by atoms with Gasteiger partial charge in [0.1, 0.15) is 0 Å². The van der Waals surface area contributed by atoms with Crippen molar-refractivity contribution in [2.75, 3.05) is 18.0 Å². The Morgan fingerprint density at radius 3 is 2.25 bits per heavy atom. The van der Waals surface area contributed by atoms with Gasteiger partial charge in [-0.3, -0.25) is 0 Å². The van der Waals surface area contributed by atoms with Gasteiger partial charge in [0.25, 0.3) is 0 Å². The molecular weight excluding hydrogens is 268 g/mol. The lowest BCUT2D eigenvalue weighted by Gasteiger charge is -2.26. The molecule has 2 N–H and O–H groups in total. The second-order valence-electron chi connectivity index (χ2n) is 6.76. The molecule has 0 aromatic heterocycles. The molecule has 0 bridgehead atoms. The topological polar surface area (TPSA) is 29.3 Å². The first kappa shape index (κ1) is 14.2. The van der Waals surface area contributed by atoms with Gasteiger partial charge in [-0.15, -0.1) is 0 Å². The van der Waals surface area contributed by atoms with E-state index in [4.69, 9.17) is 17.3 Å². The molecule has 2 fully saturated rings. The highest BCUT2D eigenvalue weighted by Crippen LogP contribution is 2.38. The van der Waals surface area contributed by atoms with Crippen LogP contribution in [0.4, 0.5) is 5.69 Å². The Morgan fingerprint density at radius 2 is 1.80 bits per heavy atom. The van der Waals surface area contributed by atoms with Crippen molar-refractivity contribution in [3.8, 4) is 0 Å². The summed E-state index contributed by atoms with van der Waals surface area (Å²) in [5, 5.41) is 0.893. The summed E-state index contributed by atoms with van der Waals surface area (Å²) in [6.45, 7) is 4.40. The van der Waals surface area contributed by atoms with Crippen LogP contribution in [0.1, 0.15) is 38.2 Å². The lowest BCUT2D eigenvalue weighted by molar-refractivity contribution is 0.679. The first-order chi connectivity index (χ1) is 9.61. The number of nitrogens with two attached hydrogens (primary N) is 1. The van der Waals surface area contributed by atoms with Crippen LogP contribution in [0.5, 0.6) is 0 Å². The molecule has 0 aliphatic heterocycles. The lowest BCUT2D eigenvalue weighted by atomic mass is 10.1. The van der Waals surface area contributed by atoms with Crippen LogP contribution in [0.3, 0.4) is 0 Å². The van der Waals surface area contributed by atoms with Crippen LogP contribution in [0.2, 0.25) is 5.02 Å². The van der Waals surface area contributed by atoms with Crippen molar-refractivity contribution in [2.45, 2.75) is 45.1 Å². The van der Waals surface area contributed by atoms with Crippen molar-refractivity contribution in [3.05, 3.63) is 28.8 Å². The Morgan fingerprint density at radius 1 is 1.20 bits per heavy atom. The summed E-state index contributed by atoms with van der Waals surface area (Å²) in [7, 11) is 0. The quantitative estimate of drug-likeness (QED) is 0.827. The van der Waals surface area contributed by atoms with E-state index in [-0.39, 0.29) is 6.04 Å². The Bertz CT molecular complexity index is 450. The largest absolute Gasteiger partial charge is 0.370 e. The van der Waals surface area contributed by atoms with E-state index in [1.807, 2.05) is 6.92 Å². The van der Waals surface area contributed by atoms with Crippen LogP contribution in [0, 0.1) is 11.8 Å². The Labute approximate surface area is 127 Å². The number of nitrogens with zero attached hydrogens (tertiary/aromatic N) is 1. The summed E-state index contributed by atoms with van der Waals surface area (Å²) in [6.07, 6.45) is 6.46. The monoisotopic (exact) mass is 292 g/mol. The van der Waals surface area contributed by atoms with Crippen LogP contribution >= 0.6 is 11.6 Å². The van der Waals surface area contributed by atoms with Gasteiger partial charge in [-0.05, 0) is 68.6 Å². The predicted octanol–water partition coefficient (Wildman–Crippen LogP) is 3.86. The molecule has 2 nitrogen and oxygen atoms in total. The number of halogens is 1. The summed E-state index contributed by atoms with van der Waals surface area (Å²) in [4.78, 5) is 2.52. The highest BCUT2D eigenvalue weighted by Gasteiger charge is 2.30. The first-order valence-corrected chi connectivity index (χ1v) is 8.28. The Balaban J connectivity index is 1.74. The number of benzene rings is 1. The minimum atomic E-state index is 0.186. The van der Waals surface area contributed by atoms with Gasteiger partial charge in [0, 0.05) is 19.1 Å². The maximum Gasteiger partial charge on any atom is 0.0642 e. The minimum Gasteiger partial charge on any atom is -0.370 e. The molecule has 2 saturated carbocycles. The van der Waals surface area contributed by atoms with Gasteiger partial charge in [-0.2, -0.15) is 0 Å². The molecule has 1 atom stereocenters. The third-order valence-corrected chi connectivity index (χ3v) is 4.56. The van der Waals surface area contributed by atoms with E-state index in [0.717, 1.165) is 23.3 Å². The molecule has 1 aromatic carbocycles. The SMILES string of the molecule is CC(N)Cc1ccc(N(CC2CC2)CC2CC2)c(Cl)c1. The van der Waals surface area contributed by atoms with Crippen molar-refractivity contribution < 1.29 is 0 Å². The maximum atomic E-state index is 6.53. The van der Waals surface area contributed by atoms with Crippen LogP contribution in [-0.4, -0.2) is 19.1 Å². The van der Waals surface area contributed by atoms with E-state index in [1.54, 1.807) is 0 Å². The summed E-state index contributed by atoms with van der Waals surface area (Å²) in [6, 6.07) is 6.68. The number of anilines is 1. The van der Waals surface area contributed by atoms with Gasteiger partial charge in [-0.25, -0.2) is 0 Å². The van der Waals surface area contributed by atoms with E-state index >= 15 is 0 Å². The standard InChI is InChI=1S/C17H25ClN2/c1-12(19)8-15-6-7-17(16(18)9-15)20(10-13-2-3-13)11-14-4-5-14/h6-7,9,12-14H,2-5,8,10-11,19H2,1H3. The number of hydrogen-bond acceptors (Lipinski definition) is 2. The van der Waals surface area contributed by atoms with E-state index in [0.29, 0.717) is 0 Å². The molecule has 0 radical (unpaired) electrons. The van der Waals surface area contributed by atoms with Gasteiger partial charge < -0.3 is 10.6 Å². The highest BCUT2D eigenvalue weighted by atomic mass is 35.5. The zero-order valence-electron chi connectivity index (χ0n) is 12.3. The second kappa shape index (κ2) is 5.95. The Hall–Kier alpha value is -0.730. The van der Waals surface area contributed by atoms with E-state index in [2.05, 4.69) is 23.1 Å². The van der Waals surface area contributed by atoms with E-state index < -0.39 is 0 Å². The normalized spacial score (nSPS) is 19.9. The summed E-state index contributed by atoms with van der Waals surface area (Å²) >= 11 is 6.53. The lowest BCUT2D eigenvalue weighted by Crippen LogP contribution is -2.28. The second-order valence-corrected chi connectivity index (χ2v) is 7.17. The predicted molar refractivity (Wildman–Crippen MR) is 86.5 cm³/mol. The first-order valence-electron chi connectivity index (χ1n) is 7.91. The molecule has 2 aliphatic rings. The molecular formula is C17H25ClN2. The average Bonchev–Trinajstić information content (AvgIpc) is 3.22. The third-order valence-electron chi connectivity index (χ3n) is 4.26. The smallest absolute Gasteiger partial charge is 0.0642 e. The van der Waals surface area contributed by atoms with Crippen molar-refractivity contribution in [3.63, 3.8) is 0 Å². The average molecular weight is 293 g/mol. The van der Waals surface area contributed by atoms with Gasteiger partial charge in [0.05, 0.1) is 10.7 Å². The molecule has 1 unspecified atom stereocenters.